The van der Waals surface area contributed by atoms with Crippen molar-refractivity contribution in [2.45, 2.75) is 6.54 Å². The smallest absolute Gasteiger partial charge is 0.296 e. The standard InChI is InChI=1S/C16H19N3O3/c1-17-16-14(19(20)21)8-5-9-15(16)22-11-10-18-12-13-6-3-2-4-7-13/h2-9,17-18H,10-12H2,1H3. The van der Waals surface area contributed by atoms with Crippen LogP contribution in [-0.4, -0.2) is 25.1 Å². The molecule has 0 aliphatic carbocycles. The van der Waals surface area contributed by atoms with Crippen LogP contribution >= 0.6 is 0 Å². The Bertz CT molecular complexity index is 617. The molecule has 22 heavy (non-hydrogen) atoms. The van der Waals surface area contributed by atoms with Crippen molar-refractivity contribution >= 4 is 11.4 Å². The van der Waals surface area contributed by atoms with Crippen molar-refractivity contribution in [3.63, 3.8) is 0 Å². The fraction of sp³-hybridized carbons (Fsp3) is 0.250. The van der Waals surface area contributed by atoms with Gasteiger partial charge >= 0.3 is 0 Å². The maximum absolute atomic E-state index is 11.0. The first kappa shape index (κ1) is 15.8. The van der Waals surface area contributed by atoms with Gasteiger partial charge in [-0.05, 0) is 11.6 Å². The first-order valence-corrected chi connectivity index (χ1v) is 7.05. The van der Waals surface area contributed by atoms with Crippen LogP contribution in [-0.2, 0) is 6.54 Å². The molecule has 0 atom stereocenters. The van der Waals surface area contributed by atoms with E-state index >= 15 is 0 Å². The van der Waals surface area contributed by atoms with Crippen LogP contribution in [0.4, 0.5) is 11.4 Å². The third-order valence-corrected chi connectivity index (χ3v) is 3.16. The number of anilines is 1. The Morgan fingerprint density at radius 1 is 1.14 bits per heavy atom. The summed E-state index contributed by atoms with van der Waals surface area (Å²) >= 11 is 0. The summed E-state index contributed by atoms with van der Waals surface area (Å²) in [6, 6.07) is 14.9. The van der Waals surface area contributed by atoms with Crippen LogP contribution in [0.15, 0.2) is 48.5 Å². The van der Waals surface area contributed by atoms with Crippen LogP contribution in [0.1, 0.15) is 5.56 Å². The van der Waals surface area contributed by atoms with E-state index in [0.29, 0.717) is 24.6 Å². The number of rotatable bonds is 8. The van der Waals surface area contributed by atoms with Crippen molar-refractivity contribution in [1.29, 1.82) is 0 Å². The zero-order valence-electron chi connectivity index (χ0n) is 12.4. The first-order valence-electron chi connectivity index (χ1n) is 7.05. The van der Waals surface area contributed by atoms with E-state index in [1.54, 1.807) is 19.2 Å². The normalized spacial score (nSPS) is 10.2. The van der Waals surface area contributed by atoms with E-state index in [2.05, 4.69) is 10.6 Å². The van der Waals surface area contributed by atoms with Crippen molar-refractivity contribution in [2.24, 2.45) is 0 Å². The molecular formula is C16H19N3O3. The zero-order valence-corrected chi connectivity index (χ0v) is 12.4. The van der Waals surface area contributed by atoms with E-state index < -0.39 is 4.92 Å². The van der Waals surface area contributed by atoms with Crippen LogP contribution in [0.5, 0.6) is 5.75 Å². The molecule has 2 rings (SSSR count). The molecule has 0 aliphatic rings. The summed E-state index contributed by atoms with van der Waals surface area (Å²) in [4.78, 5) is 10.5. The fourth-order valence-electron chi connectivity index (χ4n) is 2.10. The molecule has 0 unspecified atom stereocenters. The predicted molar refractivity (Wildman–Crippen MR) is 86.3 cm³/mol. The van der Waals surface area contributed by atoms with Crippen LogP contribution in [0.3, 0.4) is 0 Å². The van der Waals surface area contributed by atoms with Gasteiger partial charge in [0.2, 0.25) is 0 Å². The van der Waals surface area contributed by atoms with E-state index in [0.717, 1.165) is 6.54 Å². The maximum atomic E-state index is 11.0. The minimum absolute atomic E-state index is 0.0113. The molecule has 0 fully saturated rings. The van der Waals surface area contributed by atoms with E-state index in [1.807, 2.05) is 30.3 Å². The first-order chi connectivity index (χ1) is 10.7. The topological polar surface area (TPSA) is 76.4 Å². The molecule has 0 aromatic heterocycles. The number of nitrogens with one attached hydrogen (secondary N) is 2. The minimum atomic E-state index is -0.424. The fourth-order valence-corrected chi connectivity index (χ4v) is 2.10. The van der Waals surface area contributed by atoms with Gasteiger partial charge in [0, 0.05) is 26.2 Å². The molecule has 0 saturated carbocycles. The molecule has 0 amide bonds. The largest absolute Gasteiger partial charge is 0.490 e. The highest BCUT2D eigenvalue weighted by atomic mass is 16.6. The third kappa shape index (κ3) is 4.20. The summed E-state index contributed by atoms with van der Waals surface area (Å²) < 4.78 is 5.63. The lowest BCUT2D eigenvalue weighted by Gasteiger charge is -2.11. The number of para-hydroxylation sites is 1. The molecule has 6 heteroatoms. The third-order valence-electron chi connectivity index (χ3n) is 3.16. The van der Waals surface area contributed by atoms with E-state index in [4.69, 9.17) is 4.74 Å². The molecule has 0 radical (unpaired) electrons. The maximum Gasteiger partial charge on any atom is 0.296 e. The Balaban J connectivity index is 1.84. The molecule has 2 N–H and O–H groups in total. The van der Waals surface area contributed by atoms with Crippen LogP contribution in [0, 0.1) is 10.1 Å². The van der Waals surface area contributed by atoms with Crippen molar-refractivity contribution in [3.8, 4) is 5.75 Å². The minimum Gasteiger partial charge on any atom is -0.490 e. The summed E-state index contributed by atoms with van der Waals surface area (Å²) in [5.74, 6) is 0.484. The molecule has 0 aliphatic heterocycles. The summed E-state index contributed by atoms with van der Waals surface area (Å²) in [5, 5.41) is 17.1. The van der Waals surface area contributed by atoms with Crippen molar-refractivity contribution in [2.75, 3.05) is 25.5 Å². The zero-order chi connectivity index (χ0) is 15.8. The lowest BCUT2D eigenvalue weighted by Crippen LogP contribution is -2.20. The van der Waals surface area contributed by atoms with Gasteiger partial charge in [0.15, 0.2) is 5.69 Å². The molecule has 2 aromatic rings. The van der Waals surface area contributed by atoms with Crippen molar-refractivity contribution in [1.82, 2.24) is 5.32 Å². The molecule has 2 aromatic carbocycles. The van der Waals surface area contributed by atoms with Gasteiger partial charge in [0.25, 0.3) is 5.69 Å². The quantitative estimate of drug-likeness (QED) is 0.445. The molecule has 0 saturated heterocycles. The van der Waals surface area contributed by atoms with Crippen LogP contribution in [0.25, 0.3) is 0 Å². The Morgan fingerprint density at radius 3 is 2.59 bits per heavy atom. The van der Waals surface area contributed by atoms with Crippen LogP contribution in [0.2, 0.25) is 0 Å². The van der Waals surface area contributed by atoms with Gasteiger partial charge in [-0.2, -0.15) is 0 Å². The molecule has 116 valence electrons. The Morgan fingerprint density at radius 2 is 1.91 bits per heavy atom. The average molecular weight is 301 g/mol. The lowest BCUT2D eigenvalue weighted by atomic mass is 10.2. The molecular weight excluding hydrogens is 282 g/mol. The highest BCUT2D eigenvalue weighted by molar-refractivity contribution is 5.69. The second-order valence-corrected chi connectivity index (χ2v) is 4.67. The number of ether oxygens (including phenoxy) is 1. The molecule has 0 bridgehead atoms. The van der Waals surface area contributed by atoms with E-state index in [-0.39, 0.29) is 5.69 Å². The second kappa shape index (κ2) is 7.99. The summed E-state index contributed by atoms with van der Waals surface area (Å²) in [6.07, 6.45) is 0. The second-order valence-electron chi connectivity index (χ2n) is 4.67. The highest BCUT2D eigenvalue weighted by Crippen LogP contribution is 2.33. The average Bonchev–Trinajstić information content (AvgIpc) is 2.55. The number of nitro benzene ring substituents is 1. The van der Waals surface area contributed by atoms with Gasteiger partial charge in [-0.3, -0.25) is 10.1 Å². The van der Waals surface area contributed by atoms with Crippen molar-refractivity contribution in [3.05, 3.63) is 64.2 Å². The molecule has 0 heterocycles. The highest BCUT2D eigenvalue weighted by Gasteiger charge is 2.16. The lowest BCUT2D eigenvalue weighted by molar-refractivity contribution is -0.384. The Kier molecular flexibility index (Phi) is 5.73. The van der Waals surface area contributed by atoms with Gasteiger partial charge < -0.3 is 15.4 Å². The van der Waals surface area contributed by atoms with E-state index in [1.165, 1.54) is 11.6 Å². The monoisotopic (exact) mass is 301 g/mol. The SMILES string of the molecule is CNc1c(OCCNCc2ccccc2)cccc1[N+](=O)[O-]. The number of benzene rings is 2. The van der Waals surface area contributed by atoms with Gasteiger partial charge in [0.05, 0.1) is 4.92 Å². The van der Waals surface area contributed by atoms with Gasteiger partial charge in [-0.15, -0.1) is 0 Å². The summed E-state index contributed by atoms with van der Waals surface area (Å²) in [6.45, 7) is 1.85. The number of hydrogen-bond acceptors (Lipinski definition) is 5. The van der Waals surface area contributed by atoms with Gasteiger partial charge in [-0.1, -0.05) is 36.4 Å². The Labute approximate surface area is 129 Å². The number of nitro groups is 1. The number of nitrogens with zero attached hydrogens (tertiary/aromatic N) is 1. The number of hydrogen-bond donors (Lipinski definition) is 2. The Hall–Kier alpha value is -2.60. The summed E-state index contributed by atoms with van der Waals surface area (Å²) in [7, 11) is 1.64. The van der Waals surface area contributed by atoms with Crippen LogP contribution < -0.4 is 15.4 Å². The summed E-state index contributed by atoms with van der Waals surface area (Å²) in [5.41, 5.74) is 1.61. The predicted octanol–water partition coefficient (Wildman–Crippen LogP) is 2.81. The van der Waals surface area contributed by atoms with Gasteiger partial charge in [0.1, 0.15) is 12.4 Å². The van der Waals surface area contributed by atoms with Gasteiger partial charge in [-0.25, -0.2) is 0 Å². The van der Waals surface area contributed by atoms with E-state index in [9.17, 15) is 10.1 Å². The van der Waals surface area contributed by atoms with Crippen molar-refractivity contribution < 1.29 is 9.66 Å². The molecule has 6 nitrogen and oxygen atoms in total. The molecule has 0 spiro atoms.